The first-order chi connectivity index (χ1) is 12.3. The fourth-order valence-electron chi connectivity index (χ4n) is 3.54. The molecule has 0 spiro atoms. The molecule has 3 rings (SSSR count). The molecule has 6 nitrogen and oxygen atoms in total. The normalized spacial score (nSPS) is 16.3. The summed E-state index contributed by atoms with van der Waals surface area (Å²) in [4.78, 5) is 27.0. The molecule has 7 heteroatoms. The number of halogens is 1. The second kappa shape index (κ2) is 7.47. The first-order valence-electron chi connectivity index (χ1n) is 9.20. The van der Waals surface area contributed by atoms with Gasteiger partial charge in [0, 0.05) is 27.2 Å². The van der Waals surface area contributed by atoms with Crippen molar-refractivity contribution in [3.8, 4) is 0 Å². The lowest BCUT2D eigenvalue weighted by atomic mass is 10.1. The fraction of sp³-hybridized carbons (Fsp3) is 0.579. The van der Waals surface area contributed by atoms with E-state index in [0.717, 1.165) is 48.3 Å². The molecular formula is C19H27BrN4O2. The smallest absolute Gasteiger partial charge is 0.328 e. The van der Waals surface area contributed by atoms with E-state index in [1.54, 1.807) is 23.2 Å². The number of benzene rings is 1. The van der Waals surface area contributed by atoms with Crippen LogP contribution in [-0.2, 0) is 18.9 Å². The molecule has 1 amide bonds. The number of aryl methyl sites for hydroxylation is 2. The van der Waals surface area contributed by atoms with Crippen LogP contribution >= 0.6 is 15.9 Å². The highest BCUT2D eigenvalue weighted by molar-refractivity contribution is 9.10. The third-order valence-corrected chi connectivity index (χ3v) is 6.65. The van der Waals surface area contributed by atoms with Gasteiger partial charge in [-0.3, -0.25) is 13.9 Å². The van der Waals surface area contributed by atoms with Crippen molar-refractivity contribution in [3.05, 3.63) is 22.6 Å². The molecule has 0 saturated carbocycles. The Bertz CT molecular complexity index is 878. The minimum Gasteiger partial charge on any atom is -0.370 e. The number of piperidine rings is 1. The highest BCUT2D eigenvalue weighted by Crippen LogP contribution is 2.33. The molecule has 0 bridgehead atoms. The van der Waals surface area contributed by atoms with Crippen molar-refractivity contribution in [2.24, 2.45) is 20.0 Å². The SMILES string of the molecule is CC(C)[C@@H](Br)C(=O)Nc1cc2c(cc1N1CCCCC1)n(C)c(=O)n2C. The zero-order valence-corrected chi connectivity index (χ0v) is 17.5. The van der Waals surface area contributed by atoms with Crippen LogP contribution in [0.5, 0.6) is 0 Å². The van der Waals surface area contributed by atoms with Crippen LogP contribution < -0.4 is 15.9 Å². The van der Waals surface area contributed by atoms with Crippen LogP contribution in [0.15, 0.2) is 16.9 Å². The second-order valence-electron chi connectivity index (χ2n) is 7.44. The molecule has 142 valence electrons. The van der Waals surface area contributed by atoms with Gasteiger partial charge in [-0.15, -0.1) is 0 Å². The Kier molecular flexibility index (Phi) is 5.46. The molecule has 0 aliphatic carbocycles. The predicted molar refractivity (Wildman–Crippen MR) is 110 cm³/mol. The highest BCUT2D eigenvalue weighted by Gasteiger charge is 2.23. The molecule has 0 radical (unpaired) electrons. The molecule has 1 saturated heterocycles. The molecule has 1 N–H and O–H groups in total. The molecule has 1 aromatic heterocycles. The van der Waals surface area contributed by atoms with Crippen LogP contribution in [-0.4, -0.2) is 33.0 Å². The van der Waals surface area contributed by atoms with Gasteiger partial charge in [-0.1, -0.05) is 29.8 Å². The Morgan fingerprint density at radius 1 is 1.08 bits per heavy atom. The number of alkyl halides is 1. The number of rotatable bonds is 4. The molecule has 1 aromatic carbocycles. The molecule has 26 heavy (non-hydrogen) atoms. The number of aromatic nitrogens is 2. The summed E-state index contributed by atoms with van der Waals surface area (Å²) in [5.41, 5.74) is 3.42. The Morgan fingerprint density at radius 2 is 1.65 bits per heavy atom. The van der Waals surface area contributed by atoms with Crippen LogP contribution in [0.3, 0.4) is 0 Å². The van der Waals surface area contributed by atoms with E-state index in [1.807, 2.05) is 26.0 Å². The zero-order valence-electron chi connectivity index (χ0n) is 15.9. The summed E-state index contributed by atoms with van der Waals surface area (Å²) >= 11 is 3.48. The molecule has 1 aliphatic heterocycles. The summed E-state index contributed by atoms with van der Waals surface area (Å²) in [5.74, 6) is 0.136. The van der Waals surface area contributed by atoms with Gasteiger partial charge in [-0.05, 0) is 37.3 Å². The number of carbonyl (C=O) groups is 1. The summed E-state index contributed by atoms with van der Waals surface area (Å²) in [5, 5.41) is 3.08. The number of imidazole rings is 1. The van der Waals surface area contributed by atoms with E-state index in [2.05, 4.69) is 26.1 Å². The maximum Gasteiger partial charge on any atom is 0.328 e. The Morgan fingerprint density at radius 3 is 2.23 bits per heavy atom. The molecule has 2 aromatic rings. The third-order valence-electron chi connectivity index (χ3n) is 5.18. The quantitative estimate of drug-likeness (QED) is 0.769. The van der Waals surface area contributed by atoms with Crippen molar-refractivity contribution >= 4 is 44.2 Å². The topological polar surface area (TPSA) is 59.3 Å². The lowest BCUT2D eigenvalue weighted by Crippen LogP contribution is -2.32. The molecule has 1 atom stereocenters. The standard InChI is InChI=1S/C19H27BrN4O2/c1-12(2)17(20)18(25)21-13-10-15-16(23(4)19(26)22(15)3)11-14(13)24-8-6-5-7-9-24/h10-12,17H,5-9H2,1-4H3,(H,21,25)/t17-/m1/s1. The molecule has 1 fully saturated rings. The van der Waals surface area contributed by atoms with Crippen molar-refractivity contribution in [3.63, 3.8) is 0 Å². The Hall–Kier alpha value is -1.76. The van der Waals surface area contributed by atoms with E-state index in [4.69, 9.17) is 0 Å². The van der Waals surface area contributed by atoms with Gasteiger partial charge in [0.15, 0.2) is 0 Å². The molecule has 1 aliphatic rings. The van der Waals surface area contributed by atoms with Gasteiger partial charge in [-0.25, -0.2) is 4.79 Å². The van der Waals surface area contributed by atoms with Crippen molar-refractivity contribution < 1.29 is 4.79 Å². The van der Waals surface area contributed by atoms with E-state index < -0.39 is 0 Å². The summed E-state index contributed by atoms with van der Waals surface area (Å²) in [7, 11) is 3.55. The Balaban J connectivity index is 2.10. The largest absolute Gasteiger partial charge is 0.370 e. The van der Waals surface area contributed by atoms with Crippen LogP contribution in [0, 0.1) is 5.92 Å². The minimum atomic E-state index is -0.257. The number of hydrogen-bond donors (Lipinski definition) is 1. The molecule has 0 unspecified atom stereocenters. The monoisotopic (exact) mass is 422 g/mol. The minimum absolute atomic E-state index is 0.0569. The summed E-state index contributed by atoms with van der Waals surface area (Å²) in [6, 6.07) is 3.97. The van der Waals surface area contributed by atoms with Crippen molar-refractivity contribution in [2.45, 2.75) is 37.9 Å². The van der Waals surface area contributed by atoms with Crippen molar-refractivity contribution in [2.75, 3.05) is 23.3 Å². The van der Waals surface area contributed by atoms with Gasteiger partial charge >= 0.3 is 5.69 Å². The van der Waals surface area contributed by atoms with Crippen LogP contribution in [0.4, 0.5) is 11.4 Å². The first-order valence-corrected chi connectivity index (χ1v) is 10.1. The Labute approximate surface area is 162 Å². The summed E-state index contributed by atoms with van der Waals surface area (Å²) < 4.78 is 3.29. The van der Waals surface area contributed by atoms with Gasteiger partial charge in [0.2, 0.25) is 5.91 Å². The van der Waals surface area contributed by atoms with Gasteiger partial charge in [0.25, 0.3) is 0 Å². The summed E-state index contributed by atoms with van der Waals surface area (Å²) in [6.07, 6.45) is 3.53. The van der Waals surface area contributed by atoms with Crippen LogP contribution in [0.1, 0.15) is 33.1 Å². The van der Waals surface area contributed by atoms with E-state index in [-0.39, 0.29) is 22.3 Å². The van der Waals surface area contributed by atoms with E-state index in [9.17, 15) is 9.59 Å². The lowest BCUT2D eigenvalue weighted by molar-refractivity contribution is -0.116. The maximum absolute atomic E-state index is 12.6. The molecule has 2 heterocycles. The van der Waals surface area contributed by atoms with E-state index >= 15 is 0 Å². The highest BCUT2D eigenvalue weighted by atomic mass is 79.9. The number of hydrogen-bond acceptors (Lipinski definition) is 3. The number of nitrogens with zero attached hydrogens (tertiary/aromatic N) is 3. The average Bonchev–Trinajstić information content (AvgIpc) is 2.85. The van der Waals surface area contributed by atoms with E-state index in [0.29, 0.717) is 0 Å². The number of amides is 1. The maximum atomic E-state index is 12.6. The predicted octanol–water partition coefficient (Wildman–Crippen LogP) is 3.23. The van der Waals surface area contributed by atoms with E-state index in [1.165, 1.54) is 6.42 Å². The first kappa shape index (κ1) is 19.0. The van der Waals surface area contributed by atoms with Gasteiger partial charge in [-0.2, -0.15) is 0 Å². The summed E-state index contributed by atoms with van der Waals surface area (Å²) in [6.45, 7) is 5.96. The lowest BCUT2D eigenvalue weighted by Gasteiger charge is -2.31. The zero-order chi connectivity index (χ0) is 19.0. The van der Waals surface area contributed by atoms with Crippen molar-refractivity contribution in [1.29, 1.82) is 0 Å². The number of fused-ring (bicyclic) bond motifs is 1. The fourth-order valence-corrected chi connectivity index (χ4v) is 3.65. The number of carbonyl (C=O) groups excluding carboxylic acids is 1. The van der Waals surface area contributed by atoms with Crippen molar-refractivity contribution in [1.82, 2.24) is 9.13 Å². The number of nitrogens with one attached hydrogen (secondary N) is 1. The van der Waals surface area contributed by atoms with Gasteiger partial charge in [0.05, 0.1) is 27.2 Å². The number of anilines is 2. The second-order valence-corrected chi connectivity index (χ2v) is 8.43. The molecular weight excluding hydrogens is 396 g/mol. The van der Waals surface area contributed by atoms with Gasteiger partial charge < -0.3 is 10.2 Å². The third kappa shape index (κ3) is 3.41. The van der Waals surface area contributed by atoms with Crippen LogP contribution in [0.2, 0.25) is 0 Å². The van der Waals surface area contributed by atoms with Gasteiger partial charge in [0.1, 0.15) is 0 Å². The van der Waals surface area contributed by atoms with Crippen LogP contribution in [0.25, 0.3) is 11.0 Å². The average molecular weight is 423 g/mol.